The van der Waals surface area contributed by atoms with E-state index in [0.29, 0.717) is 25.2 Å². The van der Waals surface area contributed by atoms with Crippen LogP contribution in [0.4, 0.5) is 0 Å². The molecule has 10 nitrogen and oxygen atoms in total. The molecular formula is C25H56N8O2. The van der Waals surface area contributed by atoms with Crippen molar-refractivity contribution in [2.24, 2.45) is 39.8 Å². The Morgan fingerprint density at radius 1 is 0.743 bits per heavy atom. The summed E-state index contributed by atoms with van der Waals surface area (Å²) in [6.07, 6.45) is 3.24. The molecule has 0 aliphatic rings. The summed E-state index contributed by atoms with van der Waals surface area (Å²) in [4.78, 5) is 30.7. The number of nitrogens with two attached hydrogens (primary N) is 4. The number of carbonyl (C=O) groups excluding carboxylic acids is 2. The molecule has 0 amide bonds. The van der Waals surface area contributed by atoms with Crippen LogP contribution in [0.2, 0.25) is 0 Å². The number of ketones is 2. The van der Waals surface area contributed by atoms with Crippen molar-refractivity contribution in [1.29, 1.82) is 0 Å². The second-order valence-electron chi connectivity index (χ2n) is 9.84. The van der Waals surface area contributed by atoms with Gasteiger partial charge in [-0.2, -0.15) is 0 Å². The summed E-state index contributed by atoms with van der Waals surface area (Å²) in [5.41, 5.74) is 21.1. The van der Waals surface area contributed by atoms with Crippen molar-refractivity contribution >= 4 is 23.5 Å². The number of hydrogen-bond donors (Lipinski definition) is 7. The molecule has 10 heteroatoms. The molecule has 0 spiro atoms. The third-order valence-electron chi connectivity index (χ3n) is 4.84. The van der Waals surface area contributed by atoms with Crippen LogP contribution in [0.1, 0.15) is 81.1 Å². The van der Waals surface area contributed by atoms with Gasteiger partial charge < -0.3 is 29.5 Å². The summed E-state index contributed by atoms with van der Waals surface area (Å²) < 4.78 is 0. The second kappa shape index (κ2) is 21.1. The summed E-state index contributed by atoms with van der Waals surface area (Å²) in [7, 11) is 0. The van der Waals surface area contributed by atoms with E-state index in [2.05, 4.69) is 20.6 Å². The van der Waals surface area contributed by atoms with E-state index in [4.69, 9.17) is 22.9 Å². The highest BCUT2D eigenvalue weighted by Gasteiger charge is 2.22. The Hall–Kier alpha value is -2.20. The van der Waals surface area contributed by atoms with E-state index in [1.165, 1.54) is 0 Å². The van der Waals surface area contributed by atoms with Gasteiger partial charge in [-0.25, -0.2) is 0 Å². The average Bonchev–Trinajstić information content (AvgIpc) is 2.70. The van der Waals surface area contributed by atoms with Crippen molar-refractivity contribution in [3.63, 3.8) is 0 Å². The van der Waals surface area contributed by atoms with Gasteiger partial charge in [0, 0.05) is 30.5 Å². The number of hydrogen-bond acceptors (Lipinski definition) is 5. The van der Waals surface area contributed by atoms with Crippen molar-refractivity contribution in [3.8, 4) is 0 Å². The van der Waals surface area contributed by atoms with Crippen LogP contribution in [-0.4, -0.2) is 60.7 Å². The normalized spacial score (nSPS) is 12.5. The van der Waals surface area contributed by atoms with Gasteiger partial charge in [-0.15, -0.1) is 0 Å². The van der Waals surface area contributed by atoms with Crippen molar-refractivity contribution in [3.05, 3.63) is 7.43 Å². The van der Waals surface area contributed by atoms with Crippen molar-refractivity contribution < 1.29 is 14.6 Å². The molecule has 0 aromatic rings. The maximum atomic E-state index is 12.0. The van der Waals surface area contributed by atoms with Crippen LogP contribution < -0.4 is 38.6 Å². The lowest BCUT2D eigenvalue weighted by Crippen LogP contribution is -2.78. The van der Waals surface area contributed by atoms with Crippen LogP contribution in [0.3, 0.4) is 0 Å². The second-order valence-corrected chi connectivity index (χ2v) is 9.84. The zero-order valence-electron chi connectivity index (χ0n) is 23.8. The van der Waals surface area contributed by atoms with Gasteiger partial charge in [0.1, 0.15) is 0 Å². The van der Waals surface area contributed by atoms with Crippen LogP contribution in [0.25, 0.3) is 0 Å². The maximum Gasteiger partial charge on any atom is 0.338 e. The highest BCUT2D eigenvalue weighted by molar-refractivity contribution is 5.86. The molecule has 0 aromatic carbocycles. The van der Waals surface area contributed by atoms with Crippen molar-refractivity contribution in [2.75, 3.05) is 13.1 Å². The lowest BCUT2D eigenvalue weighted by Gasteiger charge is -2.21. The van der Waals surface area contributed by atoms with Crippen LogP contribution in [-0.2, 0) is 9.59 Å². The summed E-state index contributed by atoms with van der Waals surface area (Å²) in [6, 6.07) is 0.438. The molecule has 0 fully saturated rings. The first-order chi connectivity index (χ1) is 15.7. The molecule has 0 saturated heterocycles. The molecule has 2 atom stereocenters. The van der Waals surface area contributed by atoms with Gasteiger partial charge in [-0.1, -0.05) is 55.4 Å². The summed E-state index contributed by atoms with van der Waals surface area (Å²) >= 11 is 0. The Kier molecular flexibility index (Phi) is 22.5. The molecule has 35 heavy (non-hydrogen) atoms. The molecule has 0 bridgehead atoms. The van der Waals surface area contributed by atoms with Gasteiger partial charge in [0.15, 0.2) is 17.5 Å². The van der Waals surface area contributed by atoms with Gasteiger partial charge in [-0.3, -0.25) is 31.0 Å². The molecule has 0 aromatic heterocycles. The minimum atomic E-state index is -0.0933. The third-order valence-corrected chi connectivity index (χ3v) is 4.84. The van der Waals surface area contributed by atoms with E-state index in [1.54, 1.807) is 0 Å². The third kappa shape index (κ3) is 22.0. The van der Waals surface area contributed by atoms with Crippen LogP contribution in [0.5, 0.6) is 0 Å². The van der Waals surface area contributed by atoms with Crippen molar-refractivity contribution in [1.82, 2.24) is 10.6 Å². The number of nitrogens with one attached hydrogen (secondary N) is 3. The molecule has 208 valence electrons. The van der Waals surface area contributed by atoms with E-state index in [0.717, 1.165) is 25.7 Å². The summed E-state index contributed by atoms with van der Waals surface area (Å²) in [5, 5.41) is 6.59. The molecule has 0 aliphatic carbocycles. The van der Waals surface area contributed by atoms with E-state index in [-0.39, 0.29) is 54.8 Å². The molecule has 11 N–H and O–H groups in total. The highest BCUT2D eigenvalue weighted by Crippen LogP contribution is 2.08. The number of carbonyl (C=O) groups is 2. The van der Waals surface area contributed by atoms with Crippen molar-refractivity contribution in [2.45, 2.75) is 105 Å². The van der Waals surface area contributed by atoms with Crippen LogP contribution in [0.15, 0.2) is 4.99 Å². The lowest BCUT2D eigenvalue weighted by atomic mass is 9.97. The Morgan fingerprint density at radius 2 is 1.14 bits per heavy atom. The Labute approximate surface area is 214 Å². The zero-order valence-corrected chi connectivity index (χ0v) is 23.8. The molecule has 2 unspecified atom stereocenters. The topological polar surface area (TPSA) is 189 Å². The smallest absolute Gasteiger partial charge is 0.338 e. The van der Waals surface area contributed by atoms with Crippen LogP contribution >= 0.6 is 0 Å². The van der Waals surface area contributed by atoms with Gasteiger partial charge in [0.25, 0.3) is 0 Å². The van der Waals surface area contributed by atoms with Gasteiger partial charge in [-0.05, 0) is 25.7 Å². The number of aliphatic imine (C=N–C) groups is 1. The predicted octanol–water partition coefficient (Wildman–Crippen LogP) is -0.206. The minimum absolute atomic E-state index is 0. The first-order valence-corrected chi connectivity index (χ1v) is 12.5. The standard InChI is InChI=1S/2C12H26N4O.CH3/c2*1-8(2)11(17)10(16-9(3)4)6-5-7-15-12(13)14;/h2*8-10,16H,5-7H2,1-4H3,(H4,13,14,15);1H3/q;;-1/p+1. The Balaban J connectivity index is -0.000000569. The fourth-order valence-corrected chi connectivity index (χ4v) is 3.27. The highest BCUT2D eigenvalue weighted by atomic mass is 16.1. The SMILES string of the molecule is CC(C)NC(CCCN=C(N)N)C(=O)C(C)C.CC(C)NC(CCC[NH+]=C(N)N)C(=O)C(C)C.[CH3-]. The number of nitrogens with zero attached hydrogens (tertiary/aromatic N) is 1. The quantitative estimate of drug-likeness (QED) is 0.0656. The van der Waals surface area contributed by atoms with Gasteiger partial charge in [0.2, 0.25) is 0 Å². The molecule has 0 aliphatic heterocycles. The summed E-state index contributed by atoms with van der Waals surface area (Å²) in [5.74, 6) is 0.966. The largest absolute Gasteiger partial charge is 0.370 e. The fraction of sp³-hybridized carbons (Fsp3) is 0.800. The molecule has 0 radical (unpaired) electrons. The molecule has 0 heterocycles. The molecular weight excluding hydrogens is 444 g/mol. The lowest BCUT2D eigenvalue weighted by molar-refractivity contribution is -0.459. The number of rotatable bonds is 16. The fourth-order valence-electron chi connectivity index (χ4n) is 3.27. The first kappa shape index (κ1) is 37.4. The van der Waals surface area contributed by atoms with E-state index >= 15 is 0 Å². The predicted molar refractivity (Wildman–Crippen MR) is 149 cm³/mol. The maximum absolute atomic E-state index is 12.0. The first-order valence-electron chi connectivity index (χ1n) is 12.5. The van der Waals surface area contributed by atoms with E-state index < -0.39 is 0 Å². The minimum Gasteiger partial charge on any atom is -0.370 e. The average molecular weight is 501 g/mol. The van der Waals surface area contributed by atoms with E-state index in [9.17, 15) is 9.59 Å². The van der Waals surface area contributed by atoms with Gasteiger partial charge >= 0.3 is 5.96 Å². The zero-order chi connectivity index (χ0) is 26.8. The van der Waals surface area contributed by atoms with Gasteiger partial charge in [0.05, 0.1) is 18.6 Å². The molecule has 0 saturated carbocycles. The number of guanidine groups is 2. The van der Waals surface area contributed by atoms with Crippen LogP contribution in [0, 0.1) is 19.3 Å². The monoisotopic (exact) mass is 500 g/mol. The Morgan fingerprint density at radius 3 is 1.46 bits per heavy atom. The Bertz CT molecular complexity index is 569. The number of Topliss-reactive ketones (excluding diaryl/α,β-unsaturated/α-hetero) is 2. The summed E-state index contributed by atoms with van der Waals surface area (Å²) in [6.45, 7) is 17.2. The van der Waals surface area contributed by atoms with E-state index in [1.807, 2.05) is 55.4 Å². The molecule has 0 rings (SSSR count).